The summed E-state index contributed by atoms with van der Waals surface area (Å²) in [7, 11) is 0. The number of amides is 1. The van der Waals surface area contributed by atoms with E-state index in [0.717, 1.165) is 0 Å². The largest absolute Gasteiger partial charge is 0.326 e. The van der Waals surface area contributed by atoms with E-state index in [1.807, 2.05) is 0 Å². The molecule has 0 atom stereocenters. The molecule has 22 heavy (non-hydrogen) atoms. The van der Waals surface area contributed by atoms with E-state index < -0.39 is 0 Å². The van der Waals surface area contributed by atoms with Crippen molar-refractivity contribution in [1.29, 1.82) is 0 Å². The first kappa shape index (κ1) is 16.2. The fourth-order valence-electron chi connectivity index (χ4n) is 1.83. The normalized spacial score (nSPS) is 10.3. The van der Waals surface area contributed by atoms with Gasteiger partial charge in [0.05, 0.1) is 0 Å². The van der Waals surface area contributed by atoms with Crippen molar-refractivity contribution >= 4 is 29.1 Å². The summed E-state index contributed by atoms with van der Waals surface area (Å²) in [5.74, 6) is 0.0736. The molecule has 0 fully saturated rings. The zero-order valence-corrected chi connectivity index (χ0v) is 13.0. The number of nitrogens with one attached hydrogen (secondary N) is 1. The number of benzene rings is 2. The number of rotatable bonds is 6. The number of carbonyl (C=O) groups excluding carboxylic acids is 2. The SMILES string of the molecule is CC(=O)c1ccc(NC(=O)CCSc2ccccc2F)cc1. The molecule has 0 bridgehead atoms. The van der Waals surface area contributed by atoms with E-state index in [9.17, 15) is 14.0 Å². The summed E-state index contributed by atoms with van der Waals surface area (Å²) >= 11 is 1.31. The van der Waals surface area contributed by atoms with Crippen LogP contribution in [0.2, 0.25) is 0 Å². The van der Waals surface area contributed by atoms with Crippen molar-refractivity contribution in [1.82, 2.24) is 0 Å². The summed E-state index contributed by atoms with van der Waals surface area (Å²) in [4.78, 5) is 23.5. The van der Waals surface area contributed by atoms with Crippen molar-refractivity contribution < 1.29 is 14.0 Å². The predicted molar refractivity (Wildman–Crippen MR) is 86.8 cm³/mol. The molecule has 114 valence electrons. The second-order valence-electron chi connectivity index (χ2n) is 4.71. The number of carbonyl (C=O) groups is 2. The van der Waals surface area contributed by atoms with Gasteiger partial charge in [0.25, 0.3) is 0 Å². The van der Waals surface area contributed by atoms with Crippen LogP contribution in [0.25, 0.3) is 0 Å². The van der Waals surface area contributed by atoms with E-state index in [1.165, 1.54) is 24.8 Å². The second kappa shape index (κ2) is 7.75. The molecular formula is C17H16FNO2S. The minimum Gasteiger partial charge on any atom is -0.326 e. The van der Waals surface area contributed by atoms with Gasteiger partial charge in [-0.3, -0.25) is 9.59 Å². The highest BCUT2D eigenvalue weighted by Gasteiger charge is 2.06. The fourth-order valence-corrected chi connectivity index (χ4v) is 2.72. The lowest BCUT2D eigenvalue weighted by Crippen LogP contribution is -2.12. The molecule has 1 N–H and O–H groups in total. The molecule has 0 saturated heterocycles. The summed E-state index contributed by atoms with van der Waals surface area (Å²) in [6.07, 6.45) is 0.285. The Balaban J connectivity index is 1.80. The van der Waals surface area contributed by atoms with E-state index in [-0.39, 0.29) is 23.9 Å². The monoisotopic (exact) mass is 317 g/mol. The molecule has 5 heteroatoms. The lowest BCUT2D eigenvalue weighted by atomic mass is 10.1. The first-order valence-electron chi connectivity index (χ1n) is 6.84. The van der Waals surface area contributed by atoms with Gasteiger partial charge < -0.3 is 5.32 Å². The van der Waals surface area contributed by atoms with E-state index >= 15 is 0 Å². The Labute approximate surface area is 132 Å². The average molecular weight is 317 g/mol. The molecule has 0 saturated carbocycles. The van der Waals surface area contributed by atoms with Gasteiger partial charge in [0, 0.05) is 28.3 Å². The van der Waals surface area contributed by atoms with Crippen LogP contribution in [-0.2, 0) is 4.79 Å². The quantitative estimate of drug-likeness (QED) is 0.643. The summed E-state index contributed by atoms with van der Waals surface area (Å²) in [6, 6.07) is 13.2. The second-order valence-corrected chi connectivity index (χ2v) is 5.85. The third kappa shape index (κ3) is 4.70. The molecule has 2 aromatic rings. The van der Waals surface area contributed by atoms with Crippen molar-refractivity contribution in [3.8, 4) is 0 Å². The number of hydrogen-bond donors (Lipinski definition) is 1. The van der Waals surface area contributed by atoms with E-state index in [1.54, 1.807) is 42.5 Å². The number of thioether (sulfide) groups is 1. The molecule has 0 aliphatic rings. The third-order valence-corrected chi connectivity index (χ3v) is 4.05. The highest BCUT2D eigenvalue weighted by atomic mass is 32.2. The van der Waals surface area contributed by atoms with Crippen LogP contribution >= 0.6 is 11.8 Å². The van der Waals surface area contributed by atoms with Gasteiger partial charge in [0.1, 0.15) is 5.82 Å². The van der Waals surface area contributed by atoms with Crippen LogP contribution in [0.4, 0.5) is 10.1 Å². The first-order chi connectivity index (χ1) is 10.6. The summed E-state index contributed by atoms with van der Waals surface area (Å²) in [5, 5.41) is 2.75. The van der Waals surface area contributed by atoms with Crippen LogP contribution in [0.3, 0.4) is 0 Å². The van der Waals surface area contributed by atoms with Crippen LogP contribution in [-0.4, -0.2) is 17.4 Å². The van der Waals surface area contributed by atoms with Gasteiger partial charge in [-0.15, -0.1) is 11.8 Å². The molecule has 0 radical (unpaired) electrons. The van der Waals surface area contributed by atoms with Gasteiger partial charge in [0.2, 0.25) is 5.91 Å². The van der Waals surface area contributed by atoms with Crippen molar-refractivity contribution in [3.05, 3.63) is 59.9 Å². The number of anilines is 1. The van der Waals surface area contributed by atoms with Gasteiger partial charge in [0.15, 0.2) is 5.78 Å². The van der Waals surface area contributed by atoms with Crippen LogP contribution < -0.4 is 5.32 Å². The maximum Gasteiger partial charge on any atom is 0.225 e. The van der Waals surface area contributed by atoms with Gasteiger partial charge in [-0.2, -0.15) is 0 Å². The summed E-state index contributed by atoms with van der Waals surface area (Å²) in [6.45, 7) is 1.49. The Morgan fingerprint density at radius 2 is 1.77 bits per heavy atom. The molecule has 0 unspecified atom stereocenters. The maximum absolute atomic E-state index is 13.4. The van der Waals surface area contributed by atoms with Crippen molar-refractivity contribution in [2.24, 2.45) is 0 Å². The molecular weight excluding hydrogens is 301 g/mol. The van der Waals surface area contributed by atoms with Crippen LogP contribution in [0, 0.1) is 5.82 Å². The Hall–Kier alpha value is -2.14. The van der Waals surface area contributed by atoms with E-state index in [0.29, 0.717) is 21.9 Å². The number of Topliss-reactive ketones (excluding diaryl/α,β-unsaturated/α-hetero) is 1. The van der Waals surface area contributed by atoms with Gasteiger partial charge in [-0.05, 0) is 43.3 Å². The molecule has 0 spiro atoms. The summed E-state index contributed by atoms with van der Waals surface area (Å²) < 4.78 is 13.4. The minimum atomic E-state index is -0.271. The van der Waals surface area contributed by atoms with Gasteiger partial charge in [-0.25, -0.2) is 4.39 Å². The maximum atomic E-state index is 13.4. The highest BCUT2D eigenvalue weighted by molar-refractivity contribution is 7.99. The Morgan fingerprint density at radius 3 is 2.41 bits per heavy atom. The van der Waals surface area contributed by atoms with Crippen LogP contribution in [0.15, 0.2) is 53.4 Å². The molecule has 0 aliphatic heterocycles. The Kier molecular flexibility index (Phi) is 5.72. The van der Waals surface area contributed by atoms with Gasteiger partial charge in [-0.1, -0.05) is 12.1 Å². The third-order valence-electron chi connectivity index (χ3n) is 3.00. The van der Waals surface area contributed by atoms with E-state index in [4.69, 9.17) is 0 Å². The Bertz CT molecular complexity index is 671. The number of hydrogen-bond acceptors (Lipinski definition) is 3. The zero-order valence-electron chi connectivity index (χ0n) is 12.1. The van der Waals surface area contributed by atoms with Crippen LogP contribution in [0.5, 0.6) is 0 Å². The molecule has 2 rings (SSSR count). The van der Waals surface area contributed by atoms with Crippen molar-refractivity contribution in [3.63, 3.8) is 0 Å². The smallest absolute Gasteiger partial charge is 0.225 e. The molecule has 3 nitrogen and oxygen atoms in total. The average Bonchev–Trinajstić information content (AvgIpc) is 2.50. The lowest BCUT2D eigenvalue weighted by Gasteiger charge is -2.06. The number of ketones is 1. The summed E-state index contributed by atoms with van der Waals surface area (Å²) in [5.41, 5.74) is 1.25. The predicted octanol–water partition coefficient (Wildman–Crippen LogP) is 4.15. The standard InChI is InChI=1S/C17H16FNO2S/c1-12(20)13-6-8-14(9-7-13)19-17(21)10-11-22-16-5-3-2-4-15(16)18/h2-9H,10-11H2,1H3,(H,19,21). The topological polar surface area (TPSA) is 46.2 Å². The zero-order chi connectivity index (χ0) is 15.9. The molecule has 0 aromatic heterocycles. The van der Waals surface area contributed by atoms with Gasteiger partial charge >= 0.3 is 0 Å². The van der Waals surface area contributed by atoms with Crippen LogP contribution in [0.1, 0.15) is 23.7 Å². The fraction of sp³-hybridized carbons (Fsp3) is 0.176. The minimum absolute atomic E-state index is 0.0147. The first-order valence-corrected chi connectivity index (χ1v) is 7.83. The van der Waals surface area contributed by atoms with Crippen molar-refractivity contribution in [2.45, 2.75) is 18.2 Å². The molecule has 1 amide bonds. The molecule has 0 heterocycles. The Morgan fingerprint density at radius 1 is 1.09 bits per heavy atom. The number of halogens is 1. The molecule has 2 aromatic carbocycles. The lowest BCUT2D eigenvalue weighted by molar-refractivity contribution is -0.115. The highest BCUT2D eigenvalue weighted by Crippen LogP contribution is 2.22. The van der Waals surface area contributed by atoms with Crippen molar-refractivity contribution in [2.75, 3.05) is 11.1 Å². The van der Waals surface area contributed by atoms with E-state index in [2.05, 4.69) is 5.32 Å². The molecule has 0 aliphatic carbocycles.